The fourth-order valence-electron chi connectivity index (χ4n) is 1.16. The summed E-state index contributed by atoms with van der Waals surface area (Å²) in [5, 5.41) is 10.2. The van der Waals surface area contributed by atoms with Gasteiger partial charge in [0.15, 0.2) is 0 Å². The molecular weight excluding hydrogens is 187 g/mol. The number of halogens is 1. The SMILES string of the molecule is CN(C)c1ccc(C[N+](=O)[O-])cc1F. The molecule has 0 radical (unpaired) electrons. The zero-order chi connectivity index (χ0) is 10.7. The number of nitro groups is 1. The predicted octanol–water partition coefficient (Wildman–Crippen LogP) is 1.67. The topological polar surface area (TPSA) is 46.4 Å². The van der Waals surface area contributed by atoms with E-state index in [2.05, 4.69) is 0 Å². The molecule has 0 unspecified atom stereocenters. The van der Waals surface area contributed by atoms with E-state index in [0.29, 0.717) is 11.3 Å². The van der Waals surface area contributed by atoms with Crippen molar-refractivity contribution in [3.63, 3.8) is 0 Å². The maximum Gasteiger partial charge on any atom is 0.229 e. The Hall–Kier alpha value is -1.65. The molecule has 0 aliphatic rings. The maximum atomic E-state index is 13.3. The molecule has 0 amide bonds. The second-order valence-electron chi connectivity index (χ2n) is 3.17. The van der Waals surface area contributed by atoms with Gasteiger partial charge in [0.05, 0.1) is 5.69 Å². The van der Waals surface area contributed by atoms with Gasteiger partial charge in [-0.05, 0) is 12.1 Å². The zero-order valence-corrected chi connectivity index (χ0v) is 8.03. The average molecular weight is 198 g/mol. The molecule has 0 bridgehead atoms. The summed E-state index contributed by atoms with van der Waals surface area (Å²) in [6.07, 6.45) is 0. The number of hydrogen-bond donors (Lipinski definition) is 0. The summed E-state index contributed by atoms with van der Waals surface area (Å²) < 4.78 is 13.3. The maximum absolute atomic E-state index is 13.3. The van der Waals surface area contributed by atoms with Crippen molar-refractivity contribution in [2.45, 2.75) is 6.54 Å². The summed E-state index contributed by atoms with van der Waals surface area (Å²) in [4.78, 5) is 11.3. The molecule has 1 rings (SSSR count). The lowest BCUT2D eigenvalue weighted by molar-refractivity contribution is -0.496. The van der Waals surface area contributed by atoms with Crippen LogP contribution >= 0.6 is 0 Å². The van der Waals surface area contributed by atoms with Gasteiger partial charge in [-0.25, -0.2) is 4.39 Å². The predicted molar refractivity (Wildman–Crippen MR) is 51.4 cm³/mol. The van der Waals surface area contributed by atoms with Crippen LogP contribution in [0.5, 0.6) is 0 Å². The minimum atomic E-state index is -0.482. The number of nitrogens with zero attached hydrogens (tertiary/aromatic N) is 2. The highest BCUT2D eigenvalue weighted by atomic mass is 19.1. The highest BCUT2D eigenvalue weighted by Crippen LogP contribution is 2.18. The van der Waals surface area contributed by atoms with Crippen molar-refractivity contribution in [1.29, 1.82) is 0 Å². The highest BCUT2D eigenvalue weighted by molar-refractivity contribution is 5.47. The zero-order valence-electron chi connectivity index (χ0n) is 8.03. The number of hydrogen-bond acceptors (Lipinski definition) is 3. The second kappa shape index (κ2) is 4.04. The lowest BCUT2D eigenvalue weighted by atomic mass is 10.2. The van der Waals surface area contributed by atoms with Crippen LogP contribution in [-0.4, -0.2) is 19.0 Å². The van der Waals surface area contributed by atoms with Crippen molar-refractivity contribution < 1.29 is 9.31 Å². The van der Waals surface area contributed by atoms with Gasteiger partial charge in [-0.3, -0.25) is 10.1 Å². The van der Waals surface area contributed by atoms with E-state index in [1.807, 2.05) is 0 Å². The largest absolute Gasteiger partial charge is 0.375 e. The highest BCUT2D eigenvalue weighted by Gasteiger charge is 2.08. The second-order valence-corrected chi connectivity index (χ2v) is 3.17. The molecular formula is C9H11FN2O2. The standard InChI is InChI=1S/C9H11FN2O2/c1-11(2)9-4-3-7(5-8(9)10)6-12(13)14/h3-5H,6H2,1-2H3. The molecule has 0 spiro atoms. The molecule has 0 saturated heterocycles. The fourth-order valence-corrected chi connectivity index (χ4v) is 1.16. The Morgan fingerprint density at radius 2 is 2.14 bits per heavy atom. The summed E-state index contributed by atoms with van der Waals surface area (Å²) in [7, 11) is 3.43. The van der Waals surface area contributed by atoms with E-state index in [1.54, 1.807) is 25.1 Å². The first-order valence-corrected chi connectivity index (χ1v) is 4.08. The van der Waals surface area contributed by atoms with Crippen molar-refractivity contribution >= 4 is 5.69 Å². The number of anilines is 1. The molecule has 1 aromatic carbocycles. The van der Waals surface area contributed by atoms with Crippen LogP contribution in [0.25, 0.3) is 0 Å². The van der Waals surface area contributed by atoms with Crippen molar-refractivity contribution in [3.8, 4) is 0 Å². The first-order chi connectivity index (χ1) is 6.50. The van der Waals surface area contributed by atoms with E-state index >= 15 is 0 Å². The molecule has 0 N–H and O–H groups in total. The van der Waals surface area contributed by atoms with Gasteiger partial charge in [-0.2, -0.15) is 0 Å². The van der Waals surface area contributed by atoms with Gasteiger partial charge in [0.2, 0.25) is 6.54 Å². The molecule has 0 aliphatic heterocycles. The van der Waals surface area contributed by atoms with Gasteiger partial charge in [0, 0.05) is 24.6 Å². The van der Waals surface area contributed by atoms with Gasteiger partial charge in [0.25, 0.3) is 0 Å². The minimum Gasteiger partial charge on any atom is -0.375 e. The van der Waals surface area contributed by atoms with E-state index in [9.17, 15) is 14.5 Å². The van der Waals surface area contributed by atoms with E-state index in [-0.39, 0.29) is 6.54 Å². The lowest BCUT2D eigenvalue weighted by Crippen LogP contribution is -2.11. The van der Waals surface area contributed by atoms with Crippen LogP contribution in [0.1, 0.15) is 5.56 Å². The van der Waals surface area contributed by atoms with Crippen molar-refractivity contribution in [2.24, 2.45) is 0 Å². The normalized spacial score (nSPS) is 9.93. The Bertz CT molecular complexity index is 353. The average Bonchev–Trinajstić information content (AvgIpc) is 2.01. The third kappa shape index (κ3) is 2.42. The van der Waals surface area contributed by atoms with Gasteiger partial charge < -0.3 is 4.90 Å². The molecule has 5 heteroatoms. The molecule has 0 atom stereocenters. The molecule has 14 heavy (non-hydrogen) atoms. The number of rotatable bonds is 3. The van der Waals surface area contributed by atoms with Gasteiger partial charge in [-0.15, -0.1) is 0 Å². The van der Waals surface area contributed by atoms with Gasteiger partial charge in [-0.1, -0.05) is 6.07 Å². The van der Waals surface area contributed by atoms with Crippen LogP contribution in [0.3, 0.4) is 0 Å². The molecule has 0 saturated carbocycles. The Labute approximate surface area is 81.1 Å². The van der Waals surface area contributed by atoms with E-state index in [4.69, 9.17) is 0 Å². The Morgan fingerprint density at radius 3 is 2.57 bits per heavy atom. The van der Waals surface area contributed by atoms with Gasteiger partial charge >= 0.3 is 0 Å². The Kier molecular flexibility index (Phi) is 3.01. The van der Waals surface area contributed by atoms with Crippen LogP contribution in [-0.2, 0) is 6.54 Å². The van der Waals surface area contributed by atoms with Crippen molar-refractivity contribution in [1.82, 2.24) is 0 Å². The Balaban J connectivity index is 2.94. The summed E-state index contributed by atoms with van der Waals surface area (Å²) in [5.41, 5.74) is 0.801. The fraction of sp³-hybridized carbons (Fsp3) is 0.333. The van der Waals surface area contributed by atoms with Gasteiger partial charge in [0.1, 0.15) is 5.82 Å². The number of benzene rings is 1. The third-order valence-electron chi connectivity index (χ3n) is 1.81. The molecule has 4 nitrogen and oxygen atoms in total. The third-order valence-corrected chi connectivity index (χ3v) is 1.81. The van der Waals surface area contributed by atoms with Crippen LogP contribution in [0.2, 0.25) is 0 Å². The van der Waals surface area contributed by atoms with E-state index in [1.165, 1.54) is 12.1 Å². The molecule has 0 aliphatic carbocycles. The van der Waals surface area contributed by atoms with Crippen molar-refractivity contribution in [2.75, 3.05) is 19.0 Å². The summed E-state index contributed by atoms with van der Waals surface area (Å²) in [5.74, 6) is -0.436. The molecule has 0 heterocycles. The molecule has 76 valence electrons. The van der Waals surface area contributed by atoms with E-state index in [0.717, 1.165) is 0 Å². The first kappa shape index (κ1) is 10.4. The summed E-state index contributed by atoms with van der Waals surface area (Å²) in [6, 6.07) is 4.29. The molecule has 0 fully saturated rings. The summed E-state index contributed by atoms with van der Waals surface area (Å²) >= 11 is 0. The first-order valence-electron chi connectivity index (χ1n) is 4.08. The molecule has 0 aromatic heterocycles. The molecule has 1 aromatic rings. The van der Waals surface area contributed by atoms with Crippen LogP contribution in [0, 0.1) is 15.9 Å². The van der Waals surface area contributed by atoms with Crippen LogP contribution in [0.4, 0.5) is 10.1 Å². The summed E-state index contributed by atoms with van der Waals surface area (Å²) in [6.45, 7) is -0.343. The monoisotopic (exact) mass is 198 g/mol. The Morgan fingerprint density at radius 1 is 1.50 bits per heavy atom. The smallest absolute Gasteiger partial charge is 0.229 e. The van der Waals surface area contributed by atoms with Crippen LogP contribution in [0.15, 0.2) is 18.2 Å². The minimum absolute atomic E-state index is 0.343. The quantitative estimate of drug-likeness (QED) is 0.548. The van der Waals surface area contributed by atoms with Crippen molar-refractivity contribution in [3.05, 3.63) is 39.7 Å². The lowest BCUT2D eigenvalue weighted by Gasteiger charge is -2.13. The van der Waals surface area contributed by atoms with E-state index < -0.39 is 10.7 Å². The van der Waals surface area contributed by atoms with Crippen LogP contribution < -0.4 is 4.90 Å².